The summed E-state index contributed by atoms with van der Waals surface area (Å²) < 4.78 is 6.59. The van der Waals surface area contributed by atoms with Crippen molar-refractivity contribution in [2.75, 3.05) is 13.1 Å². The fraction of sp³-hybridized carbons (Fsp3) is 0.500. The molecule has 0 unspecified atom stereocenters. The van der Waals surface area contributed by atoms with E-state index in [1.165, 1.54) is 18.4 Å². The van der Waals surface area contributed by atoms with E-state index in [9.17, 15) is 15.0 Å². The molecule has 1 aromatic heterocycles. The number of hydrogen-bond acceptors (Lipinski definition) is 5. The lowest BCUT2D eigenvalue weighted by Gasteiger charge is -2.64. The highest BCUT2D eigenvalue weighted by Gasteiger charge is 2.73. The Morgan fingerprint density at radius 1 is 1.21 bits per heavy atom. The Morgan fingerprint density at radius 2 is 2.05 bits per heavy atom. The van der Waals surface area contributed by atoms with Crippen molar-refractivity contribution < 1.29 is 19.7 Å². The molecule has 2 aliphatic heterocycles. The summed E-state index contributed by atoms with van der Waals surface area (Å²) in [7, 11) is 0. The summed E-state index contributed by atoms with van der Waals surface area (Å²) in [5, 5.41) is 27.7. The molecule has 3 aliphatic carbocycles. The van der Waals surface area contributed by atoms with Crippen LogP contribution in [0.2, 0.25) is 0 Å². The maximum absolute atomic E-state index is 13.7. The first kappa shape index (κ1) is 24.3. The van der Waals surface area contributed by atoms with Gasteiger partial charge in [-0.25, -0.2) is 0 Å². The third-order valence-electron chi connectivity index (χ3n) is 10.1. The number of benzene rings is 2. The topological polar surface area (TPSA) is 97.8 Å². The number of para-hydroxylation sites is 1. The van der Waals surface area contributed by atoms with Gasteiger partial charge in [-0.15, -0.1) is 12.4 Å². The van der Waals surface area contributed by atoms with Gasteiger partial charge in [0.1, 0.15) is 6.10 Å². The average molecular weight is 536 g/mol. The highest BCUT2D eigenvalue weighted by Crippen LogP contribution is 2.65. The first-order chi connectivity index (χ1) is 17.9. The second-order valence-electron chi connectivity index (χ2n) is 12.1. The van der Waals surface area contributed by atoms with Crippen LogP contribution in [0.3, 0.4) is 0 Å². The van der Waals surface area contributed by atoms with Crippen molar-refractivity contribution in [3.63, 3.8) is 0 Å². The van der Waals surface area contributed by atoms with Crippen LogP contribution < -0.4 is 10.1 Å². The van der Waals surface area contributed by atoms with E-state index < -0.39 is 17.1 Å². The van der Waals surface area contributed by atoms with Crippen LogP contribution in [0.5, 0.6) is 11.5 Å². The molecule has 7 nitrogen and oxygen atoms in total. The standard InChI is InChI=1S/C30H33N3O4.ClH/c1-16-13-19-3-2-4-20(25(19)31-16)28(35)32-21-9-10-30(36)23-14-18-7-8-22(34)26-24(18)29(30,27(21)37-26)11-12-33(23)15-17-5-6-17;/h2-4,7-8,13,17,21,23,27,31,34,36H,5-6,9-12,14-15H2,1H3,(H,32,35);1H/t21-,23-,27+,29+,30-;/m1./s1. The number of rotatable bonds is 4. The molecule has 1 spiro atoms. The van der Waals surface area contributed by atoms with Crippen LogP contribution in [0, 0.1) is 12.8 Å². The monoisotopic (exact) mass is 535 g/mol. The van der Waals surface area contributed by atoms with Crippen molar-refractivity contribution in [2.45, 2.75) is 74.7 Å². The van der Waals surface area contributed by atoms with Gasteiger partial charge in [0.05, 0.1) is 28.1 Å². The number of likely N-dealkylation sites (tertiary alicyclic amines) is 1. The van der Waals surface area contributed by atoms with Gasteiger partial charge < -0.3 is 25.3 Å². The number of ether oxygens (including phenoxy) is 1. The van der Waals surface area contributed by atoms with E-state index in [-0.39, 0.29) is 36.1 Å². The summed E-state index contributed by atoms with van der Waals surface area (Å²) in [6.07, 6.45) is 4.92. The van der Waals surface area contributed by atoms with E-state index >= 15 is 0 Å². The number of aromatic amines is 1. The number of piperidine rings is 1. The smallest absolute Gasteiger partial charge is 0.253 e. The highest BCUT2D eigenvalue weighted by atomic mass is 35.5. The summed E-state index contributed by atoms with van der Waals surface area (Å²) in [6.45, 7) is 3.94. The fourth-order valence-electron chi connectivity index (χ4n) is 8.36. The van der Waals surface area contributed by atoms with Crippen molar-refractivity contribution in [3.8, 4) is 11.5 Å². The maximum atomic E-state index is 13.7. The number of hydrogen-bond donors (Lipinski definition) is 4. The molecule has 1 saturated heterocycles. The van der Waals surface area contributed by atoms with Gasteiger partial charge in [0.15, 0.2) is 11.5 Å². The highest BCUT2D eigenvalue weighted by molar-refractivity contribution is 6.06. The van der Waals surface area contributed by atoms with E-state index in [4.69, 9.17) is 4.74 Å². The van der Waals surface area contributed by atoms with Gasteiger partial charge in [-0.3, -0.25) is 9.69 Å². The number of aromatic nitrogens is 1. The molecule has 2 bridgehead atoms. The normalized spacial score (nSPS) is 32.8. The van der Waals surface area contributed by atoms with Crippen molar-refractivity contribution in [1.29, 1.82) is 0 Å². The van der Waals surface area contributed by atoms with E-state index in [2.05, 4.69) is 15.2 Å². The minimum atomic E-state index is -0.950. The average Bonchev–Trinajstić information content (AvgIpc) is 3.49. The summed E-state index contributed by atoms with van der Waals surface area (Å²) in [5.41, 5.74) is 3.04. The Balaban J connectivity index is 0.00000242. The molecule has 3 aromatic rings. The molecule has 4 N–H and O–H groups in total. The quantitative estimate of drug-likeness (QED) is 0.405. The molecule has 3 fully saturated rings. The summed E-state index contributed by atoms with van der Waals surface area (Å²) in [5.74, 6) is 1.25. The van der Waals surface area contributed by atoms with Crippen LogP contribution in [0.4, 0.5) is 0 Å². The zero-order valence-corrected chi connectivity index (χ0v) is 22.3. The molecule has 5 atom stereocenters. The number of aliphatic hydroxyl groups is 1. The molecule has 38 heavy (non-hydrogen) atoms. The number of halogens is 1. The lowest BCUT2D eigenvalue weighted by molar-refractivity contribution is -0.191. The van der Waals surface area contributed by atoms with Crippen molar-refractivity contribution >= 4 is 29.2 Å². The van der Waals surface area contributed by atoms with Crippen LogP contribution >= 0.6 is 12.4 Å². The third-order valence-corrected chi connectivity index (χ3v) is 10.1. The number of aromatic hydroxyl groups is 1. The Bertz CT molecular complexity index is 1470. The Kier molecular flexibility index (Phi) is 5.20. The number of phenolic OH excluding ortho intramolecular Hbond substituents is 1. The second-order valence-corrected chi connectivity index (χ2v) is 12.1. The molecular formula is C30H34ClN3O4. The summed E-state index contributed by atoms with van der Waals surface area (Å²) >= 11 is 0. The number of fused-ring (bicyclic) bond motifs is 1. The molecule has 3 heterocycles. The predicted octanol–water partition coefficient (Wildman–Crippen LogP) is 3.97. The number of carbonyl (C=O) groups excluding carboxylic acids is 1. The summed E-state index contributed by atoms with van der Waals surface area (Å²) in [4.78, 5) is 19.5. The lowest BCUT2D eigenvalue weighted by atomic mass is 9.48. The molecule has 2 aromatic carbocycles. The number of nitrogens with one attached hydrogen (secondary N) is 2. The number of H-pyrrole nitrogens is 1. The first-order valence-corrected chi connectivity index (χ1v) is 13.8. The number of aryl methyl sites for hydroxylation is 1. The van der Waals surface area contributed by atoms with E-state index in [0.717, 1.165) is 54.0 Å². The van der Waals surface area contributed by atoms with Gasteiger partial charge in [0, 0.05) is 29.2 Å². The molecule has 8 heteroatoms. The SMILES string of the molecule is Cc1cc2cccc(C(=O)N[C@@H]3CC[C@@]4(O)[C@H]5Cc6ccc(O)c7c6[C@@]4(CCN5CC4CC4)[C@H]3O7)c2[nH]1.Cl. The fourth-order valence-corrected chi connectivity index (χ4v) is 8.36. The van der Waals surface area contributed by atoms with Crippen LogP contribution in [0.15, 0.2) is 36.4 Å². The minimum absolute atomic E-state index is 0. The molecule has 5 aliphatic rings. The van der Waals surface area contributed by atoms with E-state index in [1.54, 1.807) is 6.07 Å². The third kappa shape index (κ3) is 3.07. The molecule has 200 valence electrons. The van der Waals surface area contributed by atoms with Crippen LogP contribution in [0.1, 0.15) is 59.3 Å². The Hall–Kier alpha value is -2.74. The van der Waals surface area contributed by atoms with E-state index in [1.807, 2.05) is 37.3 Å². The molecule has 8 rings (SSSR count). The zero-order valence-electron chi connectivity index (χ0n) is 21.5. The maximum Gasteiger partial charge on any atom is 0.253 e. The van der Waals surface area contributed by atoms with Crippen LogP contribution in [0.25, 0.3) is 10.9 Å². The van der Waals surface area contributed by atoms with Gasteiger partial charge in [-0.2, -0.15) is 0 Å². The number of phenols is 1. The predicted molar refractivity (Wildman–Crippen MR) is 146 cm³/mol. The second kappa shape index (κ2) is 8.13. The van der Waals surface area contributed by atoms with Crippen LogP contribution in [-0.2, 0) is 11.8 Å². The van der Waals surface area contributed by atoms with Crippen molar-refractivity contribution in [1.82, 2.24) is 15.2 Å². The first-order valence-electron chi connectivity index (χ1n) is 13.8. The minimum Gasteiger partial charge on any atom is -0.504 e. The number of amides is 1. The largest absolute Gasteiger partial charge is 0.504 e. The van der Waals surface area contributed by atoms with Crippen molar-refractivity contribution in [2.24, 2.45) is 5.92 Å². The Labute approximate surface area is 228 Å². The molecule has 1 amide bonds. The van der Waals surface area contributed by atoms with Gasteiger partial charge in [0.2, 0.25) is 0 Å². The summed E-state index contributed by atoms with van der Waals surface area (Å²) in [6, 6.07) is 11.3. The van der Waals surface area contributed by atoms with Crippen molar-refractivity contribution in [3.05, 3.63) is 58.8 Å². The van der Waals surface area contributed by atoms with E-state index in [0.29, 0.717) is 24.2 Å². The molecule has 0 radical (unpaired) electrons. The van der Waals surface area contributed by atoms with Gasteiger partial charge in [0.25, 0.3) is 5.91 Å². The zero-order chi connectivity index (χ0) is 25.1. The number of nitrogens with zero attached hydrogens (tertiary/aromatic N) is 1. The van der Waals surface area contributed by atoms with Gasteiger partial charge in [-0.05, 0) is 81.7 Å². The van der Waals surface area contributed by atoms with Gasteiger partial charge in [-0.1, -0.05) is 18.2 Å². The number of carbonyl (C=O) groups is 1. The van der Waals surface area contributed by atoms with Crippen LogP contribution in [-0.4, -0.2) is 62.9 Å². The Morgan fingerprint density at radius 3 is 2.87 bits per heavy atom. The molecular weight excluding hydrogens is 502 g/mol. The lowest BCUT2D eigenvalue weighted by Crippen LogP contribution is -2.78. The molecule has 2 saturated carbocycles. The van der Waals surface area contributed by atoms with Gasteiger partial charge >= 0.3 is 0 Å².